The minimum Gasteiger partial charge on any atom is -0.463 e. The van der Waals surface area contributed by atoms with Crippen LogP contribution in [0.15, 0.2) is 194 Å². The largest absolute Gasteiger partial charge is 0.472 e. The number of ether oxygens (including phenoxy) is 3. The lowest BCUT2D eigenvalue weighted by Crippen LogP contribution is -2.29. The number of esters is 3. The van der Waals surface area contributed by atoms with Crippen molar-refractivity contribution in [3.8, 4) is 0 Å². The van der Waals surface area contributed by atoms with Gasteiger partial charge in [0.25, 0.3) is 0 Å². The van der Waals surface area contributed by atoms with Gasteiger partial charge in [0.15, 0.2) is 6.10 Å². The number of rotatable bonds is 87. The molecule has 0 aliphatic carbocycles. The molecular weight excluding hydrogens is 1530 g/mol. The number of hydrogen-bond donors (Lipinski definition) is 4. The van der Waals surface area contributed by atoms with Crippen molar-refractivity contribution >= 4 is 33.6 Å². The number of carbonyl (C=O) groups is 3. The van der Waals surface area contributed by atoms with E-state index in [4.69, 9.17) is 32.3 Å². The van der Waals surface area contributed by atoms with E-state index in [-0.39, 0.29) is 19.3 Å². The fraction of sp³-hybridized carbons (Fsp3) is 0.653. The van der Waals surface area contributed by atoms with Crippen LogP contribution in [0, 0.1) is 0 Å². The number of carbonyl (C=O) groups excluding carboxylic acids is 3. The number of allylic oxidation sites excluding steroid dienone is 32. The Labute approximate surface area is 725 Å². The molecule has 0 aromatic rings. The third kappa shape index (κ3) is 92.9. The molecule has 4 N–H and O–H groups in total. The van der Waals surface area contributed by atoms with E-state index < -0.39 is 91.5 Å². The second-order valence-electron chi connectivity index (χ2n) is 30.7. The van der Waals surface area contributed by atoms with Gasteiger partial charge in [-0.25, -0.2) is 9.13 Å². The molecule has 0 aromatic carbocycles. The van der Waals surface area contributed by atoms with Gasteiger partial charge < -0.3 is 34.2 Å². The molecule has 0 aliphatic rings. The fourth-order valence-electron chi connectivity index (χ4n) is 12.4. The van der Waals surface area contributed by atoms with E-state index in [9.17, 15) is 43.5 Å². The Bertz CT molecular complexity index is 2940. The lowest BCUT2D eigenvalue weighted by atomic mass is 10.0. The molecule has 0 aliphatic heterocycles. The summed E-state index contributed by atoms with van der Waals surface area (Å²) in [5.74, 6) is -1.67. The number of aliphatic hydroxyl groups is 2. The number of phosphoric acid groups is 2. The van der Waals surface area contributed by atoms with E-state index >= 15 is 0 Å². The van der Waals surface area contributed by atoms with Gasteiger partial charge in [-0.2, -0.15) is 0 Å². The number of phosphoric ester groups is 2. The van der Waals surface area contributed by atoms with Crippen LogP contribution in [0.2, 0.25) is 0 Å². The van der Waals surface area contributed by atoms with Crippen molar-refractivity contribution in [2.45, 2.75) is 386 Å². The summed E-state index contributed by atoms with van der Waals surface area (Å²) >= 11 is 0. The van der Waals surface area contributed by atoms with Crippen molar-refractivity contribution in [2.75, 3.05) is 39.6 Å². The smallest absolute Gasteiger partial charge is 0.463 e. The molecule has 0 bridgehead atoms. The van der Waals surface area contributed by atoms with Crippen LogP contribution in [0.4, 0.5) is 0 Å². The molecule has 0 aromatic heterocycles. The molecule has 0 fully saturated rings. The molecule has 0 rings (SSSR count). The van der Waals surface area contributed by atoms with E-state index in [1.54, 1.807) is 0 Å². The van der Waals surface area contributed by atoms with E-state index in [2.05, 4.69) is 197 Å². The quantitative estimate of drug-likeness (QED) is 0.0146. The average molecular weight is 1700 g/mol. The Kier molecular flexibility index (Phi) is 87.3. The normalized spacial score (nSPS) is 14.6. The van der Waals surface area contributed by atoms with Crippen molar-refractivity contribution in [3.05, 3.63) is 194 Å². The monoisotopic (exact) mass is 1700 g/mol. The van der Waals surface area contributed by atoms with Crippen LogP contribution in [-0.4, -0.2) is 95.9 Å². The van der Waals surface area contributed by atoms with Gasteiger partial charge in [0.1, 0.15) is 25.4 Å². The topological polar surface area (TPSA) is 231 Å². The van der Waals surface area contributed by atoms with Crippen LogP contribution in [0.25, 0.3) is 0 Å². The number of unbranched alkanes of at least 4 members (excludes halogenated alkanes) is 32. The first-order valence-corrected chi connectivity index (χ1v) is 49.7. The summed E-state index contributed by atoms with van der Waals surface area (Å²) in [7, 11) is -9.84. The average Bonchev–Trinajstić information content (AvgIpc) is 0.903. The highest BCUT2D eigenvalue weighted by atomic mass is 31.2. The molecule has 18 heteroatoms. The van der Waals surface area contributed by atoms with Crippen LogP contribution in [0.1, 0.15) is 367 Å². The van der Waals surface area contributed by atoms with Gasteiger partial charge in [0, 0.05) is 19.3 Å². The summed E-state index contributed by atoms with van der Waals surface area (Å²) in [6, 6.07) is 0. The molecule has 0 heterocycles. The summed E-state index contributed by atoms with van der Waals surface area (Å²) in [6.45, 7) is 2.28. The Morgan fingerprint density at radius 2 is 0.437 bits per heavy atom. The number of aliphatic hydroxyl groups excluding tert-OH is 2. The van der Waals surface area contributed by atoms with Gasteiger partial charge in [-0.1, -0.05) is 395 Å². The molecule has 0 saturated carbocycles. The maximum absolute atomic E-state index is 13.0. The maximum Gasteiger partial charge on any atom is 0.472 e. The van der Waals surface area contributed by atoms with Gasteiger partial charge in [-0.15, -0.1) is 0 Å². The molecule has 5 unspecified atom stereocenters. The van der Waals surface area contributed by atoms with Crippen molar-refractivity contribution in [3.63, 3.8) is 0 Å². The molecule has 0 amide bonds. The Balaban J connectivity index is 4.56. The van der Waals surface area contributed by atoms with Gasteiger partial charge in [-0.3, -0.25) is 32.5 Å². The number of hydrogen-bond acceptors (Lipinski definition) is 14. The molecule has 0 radical (unpaired) electrons. The summed E-state index contributed by atoms with van der Waals surface area (Å²) in [5.41, 5.74) is 0. The molecule has 678 valence electrons. The minimum atomic E-state index is -4.96. The van der Waals surface area contributed by atoms with Crippen molar-refractivity contribution < 1.29 is 75.8 Å². The molecule has 16 nitrogen and oxygen atoms in total. The zero-order valence-corrected chi connectivity index (χ0v) is 76.5. The Morgan fingerprint density at radius 3 is 0.697 bits per heavy atom. The summed E-state index contributed by atoms with van der Waals surface area (Å²) in [4.78, 5) is 58.9. The van der Waals surface area contributed by atoms with Crippen molar-refractivity contribution in [1.29, 1.82) is 0 Å². The summed E-state index contributed by atoms with van der Waals surface area (Å²) in [6.07, 6.45) is 122. The first-order chi connectivity index (χ1) is 58.2. The third-order valence-corrected chi connectivity index (χ3v) is 21.2. The van der Waals surface area contributed by atoms with Crippen molar-refractivity contribution in [2.24, 2.45) is 0 Å². The van der Waals surface area contributed by atoms with Crippen LogP contribution >= 0.6 is 15.6 Å². The highest BCUT2D eigenvalue weighted by Gasteiger charge is 2.29. The fourth-order valence-corrected chi connectivity index (χ4v) is 13.9. The van der Waals surface area contributed by atoms with Gasteiger partial charge in [0.05, 0.1) is 26.4 Å². The standard InChI is InChI=1S/C101H168O16P2/c1-4-7-10-13-16-19-22-25-28-31-34-36-38-40-42-44-46-47-49-51-52-54-56-58-61-63-66-69-72-75-78-81-84-87-99(104)111-90-96(102)91-113-118(107,108)114-92-97(103)93-115-119(109,110)116-95-98(117-101(106)89-86-83-80-77-74-71-68-65-60-33-30-27-24-21-18-15-12-9-6-3)94-112-100(105)88-85-82-79-76-73-70-67-64-62-59-57-55-53-50-48-45-43-41-39-37-35-32-29-26-23-20-17-14-11-8-5-2/h7-12,16-21,25-30,34-37,40-43,60,65,71,74,80,83,96-98,102-103H,4-6,13-15,22-24,31-33,38-39,44-59,61-64,66-70,72-73,75-79,81-82,84-95H2,1-3H3,(H,107,108)(H,109,110)/b10-7-,11-8-,12-9-,19-16-,20-17-,21-18-,28-25-,29-26-,30-27-,36-34-,37-35-,42-40-,43-41-,65-60-,74-71-,83-80-. The second kappa shape index (κ2) is 91.6. The van der Waals surface area contributed by atoms with Gasteiger partial charge in [0.2, 0.25) is 0 Å². The third-order valence-electron chi connectivity index (χ3n) is 19.3. The predicted molar refractivity (Wildman–Crippen MR) is 500 cm³/mol. The van der Waals surface area contributed by atoms with Crippen LogP contribution in [-0.2, 0) is 55.8 Å². The molecular formula is C101H168O16P2. The SMILES string of the molecule is CC/C=C\C/C=C\C/C=C\C/C=C\C/C=C\C/C=C\CCC(=O)OC(COC(=O)CCCCCCCCCCCCCCCCC/C=C\C/C=C\C/C=C\C/C=C\C/C=C\CC)COP(=O)(O)OCC(O)COP(=O)(O)OCC(O)COC(=O)CCCCCCCCCCCCCCCCCCC/C=C\C/C=C\C/C=C\C/C=C\C/C=C\CC. The zero-order valence-electron chi connectivity index (χ0n) is 74.7. The van der Waals surface area contributed by atoms with E-state index in [1.807, 2.05) is 18.2 Å². The van der Waals surface area contributed by atoms with Gasteiger partial charge >= 0.3 is 33.6 Å². The van der Waals surface area contributed by atoms with E-state index in [1.165, 1.54) is 154 Å². The molecule has 0 spiro atoms. The molecule has 0 saturated heterocycles. The summed E-state index contributed by atoms with van der Waals surface area (Å²) in [5, 5.41) is 20.7. The van der Waals surface area contributed by atoms with Crippen LogP contribution in [0.5, 0.6) is 0 Å². The highest BCUT2D eigenvalue weighted by Crippen LogP contribution is 2.45. The lowest BCUT2D eigenvalue weighted by molar-refractivity contribution is -0.161. The van der Waals surface area contributed by atoms with E-state index in [0.717, 1.165) is 148 Å². The minimum absolute atomic E-state index is 0.0252. The van der Waals surface area contributed by atoms with E-state index in [0.29, 0.717) is 25.7 Å². The Hall–Kier alpha value is -5.61. The molecule has 119 heavy (non-hydrogen) atoms. The molecule has 5 atom stereocenters. The summed E-state index contributed by atoms with van der Waals surface area (Å²) < 4.78 is 61.4. The lowest BCUT2D eigenvalue weighted by Gasteiger charge is -2.21. The highest BCUT2D eigenvalue weighted by molar-refractivity contribution is 7.47. The first-order valence-electron chi connectivity index (χ1n) is 46.7. The van der Waals surface area contributed by atoms with Crippen LogP contribution in [0.3, 0.4) is 0 Å². The second-order valence-corrected chi connectivity index (χ2v) is 33.6. The Morgan fingerprint density at radius 1 is 0.235 bits per heavy atom. The first kappa shape index (κ1) is 113. The zero-order chi connectivity index (χ0) is 86.5. The predicted octanol–water partition coefficient (Wildman–Crippen LogP) is 29.0. The maximum atomic E-state index is 13.0. The van der Waals surface area contributed by atoms with Crippen LogP contribution < -0.4 is 0 Å². The van der Waals surface area contributed by atoms with Crippen molar-refractivity contribution in [1.82, 2.24) is 0 Å². The van der Waals surface area contributed by atoms with Gasteiger partial charge in [-0.05, 0) is 148 Å².